The third-order valence-electron chi connectivity index (χ3n) is 17.6. The zero-order valence-corrected chi connectivity index (χ0v) is 63.1. The second kappa shape index (κ2) is 38.4. The minimum Gasteiger partial charge on any atom is -0.485 e. The highest BCUT2D eigenvalue weighted by Crippen LogP contribution is 2.27. The van der Waals surface area contributed by atoms with Crippen molar-refractivity contribution in [2.45, 2.75) is 150 Å². The molecule has 0 unspecified atom stereocenters. The molecule has 0 saturated heterocycles. The van der Waals surface area contributed by atoms with Crippen molar-refractivity contribution in [2.24, 2.45) is 16.9 Å². The van der Waals surface area contributed by atoms with Crippen molar-refractivity contribution in [3.8, 4) is 5.75 Å². The van der Waals surface area contributed by atoms with Crippen LogP contribution in [0.4, 0.5) is 9.59 Å². The molecule has 5 amide bonds. The first-order valence-electron chi connectivity index (χ1n) is 36.5. The van der Waals surface area contributed by atoms with E-state index >= 15 is 0 Å². The Morgan fingerprint density at radius 3 is 1.61 bits per heavy atom. The SMILES string of the molecule is CC(C)(C)C(=O)N[C@H](COCc1ccccc1)c1nnc2c(OCc3ccccc3)cccn12.CC(C)(N)C(=O)N[C@H](COCc1ccccc1)c1nnc2n1CCN(C(=O)OCc1cccc3ccccc13)C2.CCCCNC(=O)OCc1cccc2cnc([C@@H](COCc3ccccc3)NC(=O)C(C)(C)N)n12. The molecule has 572 valence electrons. The van der Waals surface area contributed by atoms with E-state index in [1.54, 1.807) is 38.8 Å². The molecule has 0 aliphatic carbocycles. The molecule has 12 rings (SSSR count). The average molecular weight is 1480 g/mol. The Kier molecular flexibility index (Phi) is 28.2. The van der Waals surface area contributed by atoms with Crippen LogP contribution >= 0.6 is 0 Å². The number of carbonyl (C=O) groups is 5. The Morgan fingerprint density at radius 1 is 0.514 bits per heavy atom. The van der Waals surface area contributed by atoms with Crippen LogP contribution in [0.3, 0.4) is 0 Å². The van der Waals surface area contributed by atoms with Gasteiger partial charge >= 0.3 is 12.2 Å². The number of ether oxygens (including phenoxy) is 6. The second-order valence-electron chi connectivity index (χ2n) is 28.7. The predicted octanol–water partition coefficient (Wildman–Crippen LogP) is 11.9. The fraction of sp³-hybridized carbons (Fsp3) is 0.349. The van der Waals surface area contributed by atoms with Crippen LogP contribution in [0.5, 0.6) is 5.75 Å². The highest BCUT2D eigenvalue weighted by atomic mass is 16.6. The van der Waals surface area contributed by atoms with Gasteiger partial charge in [0.25, 0.3) is 0 Å². The summed E-state index contributed by atoms with van der Waals surface area (Å²) < 4.78 is 40.7. The van der Waals surface area contributed by atoms with Gasteiger partial charge < -0.3 is 65.7 Å². The molecule has 5 aromatic heterocycles. The molecule has 109 heavy (non-hydrogen) atoms. The molecular formula is C83H99N15O11. The molecule has 3 atom stereocenters. The first kappa shape index (κ1) is 80.1. The number of benzene rings is 6. The molecule has 26 nitrogen and oxygen atoms in total. The number of fused-ring (bicyclic) bond motifs is 4. The number of unbranched alkanes of at least 4 members (excludes halogenated alkanes) is 1. The Hall–Kier alpha value is -11.4. The lowest BCUT2D eigenvalue weighted by molar-refractivity contribution is -0.130. The van der Waals surface area contributed by atoms with Gasteiger partial charge in [-0.05, 0) is 97.0 Å². The molecule has 11 aromatic rings. The largest absolute Gasteiger partial charge is 0.485 e. The summed E-state index contributed by atoms with van der Waals surface area (Å²) in [4.78, 5) is 69.5. The maximum atomic E-state index is 12.9. The molecule has 0 radical (unpaired) electrons. The van der Waals surface area contributed by atoms with Gasteiger partial charge in [-0.15, -0.1) is 20.4 Å². The lowest BCUT2D eigenvalue weighted by atomic mass is 9.95. The zero-order chi connectivity index (χ0) is 77.3. The number of nitrogens with one attached hydrogen (secondary N) is 4. The number of imidazole rings is 1. The maximum absolute atomic E-state index is 12.9. The third kappa shape index (κ3) is 23.1. The van der Waals surface area contributed by atoms with Crippen molar-refractivity contribution in [3.05, 3.63) is 263 Å². The van der Waals surface area contributed by atoms with Crippen LogP contribution in [-0.4, -0.2) is 118 Å². The van der Waals surface area contributed by atoms with Gasteiger partial charge in [-0.3, -0.25) is 28.1 Å². The fourth-order valence-electron chi connectivity index (χ4n) is 11.5. The van der Waals surface area contributed by atoms with Crippen LogP contribution in [0, 0.1) is 5.41 Å². The van der Waals surface area contributed by atoms with Crippen molar-refractivity contribution in [1.82, 2.24) is 64.9 Å². The van der Waals surface area contributed by atoms with Gasteiger partial charge in [-0.2, -0.15) is 0 Å². The summed E-state index contributed by atoms with van der Waals surface area (Å²) in [6, 6.07) is 61.2. The molecule has 0 fully saturated rings. The number of pyridine rings is 2. The summed E-state index contributed by atoms with van der Waals surface area (Å²) >= 11 is 0. The first-order chi connectivity index (χ1) is 52.5. The van der Waals surface area contributed by atoms with Gasteiger partial charge in [-0.25, -0.2) is 14.6 Å². The summed E-state index contributed by atoms with van der Waals surface area (Å²) in [5.41, 5.74) is 16.6. The van der Waals surface area contributed by atoms with E-state index in [2.05, 4.69) is 53.6 Å². The van der Waals surface area contributed by atoms with Crippen molar-refractivity contribution in [3.63, 3.8) is 0 Å². The summed E-state index contributed by atoms with van der Waals surface area (Å²) in [6.45, 7) is 18.4. The number of alkyl carbamates (subject to hydrolysis) is 1. The van der Waals surface area contributed by atoms with E-state index in [1.165, 1.54) is 0 Å². The number of nitrogens with zero attached hydrogens (tertiary/aromatic N) is 9. The van der Waals surface area contributed by atoms with Gasteiger partial charge in [0, 0.05) is 31.2 Å². The molecule has 0 saturated carbocycles. The minimum absolute atomic E-state index is 0.0482. The first-order valence-corrected chi connectivity index (χ1v) is 36.5. The molecule has 0 spiro atoms. The molecule has 6 aromatic carbocycles. The van der Waals surface area contributed by atoms with E-state index in [9.17, 15) is 24.0 Å². The van der Waals surface area contributed by atoms with E-state index in [-0.39, 0.29) is 57.3 Å². The van der Waals surface area contributed by atoms with Gasteiger partial charge in [0.05, 0.1) is 74.7 Å². The maximum Gasteiger partial charge on any atom is 0.410 e. The second-order valence-corrected chi connectivity index (χ2v) is 28.7. The smallest absolute Gasteiger partial charge is 0.410 e. The van der Waals surface area contributed by atoms with Crippen molar-refractivity contribution >= 4 is 51.8 Å². The van der Waals surface area contributed by atoms with Gasteiger partial charge in [0.15, 0.2) is 23.2 Å². The van der Waals surface area contributed by atoms with E-state index in [4.69, 9.17) is 39.9 Å². The number of hydrogen-bond acceptors (Lipinski definition) is 18. The molecule has 26 heteroatoms. The van der Waals surface area contributed by atoms with Crippen molar-refractivity contribution < 1.29 is 52.4 Å². The van der Waals surface area contributed by atoms with Crippen LogP contribution < -0.4 is 37.5 Å². The topological polar surface area (TPSA) is 322 Å². The Morgan fingerprint density at radius 2 is 1.04 bits per heavy atom. The highest BCUT2D eigenvalue weighted by Gasteiger charge is 2.34. The fourth-order valence-corrected chi connectivity index (χ4v) is 11.5. The summed E-state index contributed by atoms with van der Waals surface area (Å²) in [5, 5.41) is 31.4. The number of hydrogen-bond donors (Lipinski definition) is 6. The van der Waals surface area contributed by atoms with E-state index < -0.39 is 46.8 Å². The Balaban J connectivity index is 0.000000175. The molecule has 0 bridgehead atoms. The normalized spacial score (nSPS) is 13.0. The third-order valence-corrected chi connectivity index (χ3v) is 17.6. The minimum atomic E-state index is -1.08. The van der Waals surface area contributed by atoms with Crippen LogP contribution in [0.2, 0.25) is 0 Å². The van der Waals surface area contributed by atoms with Gasteiger partial charge in [-0.1, -0.05) is 204 Å². The van der Waals surface area contributed by atoms with Crippen LogP contribution in [0.1, 0.15) is 143 Å². The Bertz CT molecular complexity index is 4740. The number of rotatable bonds is 30. The zero-order valence-electron chi connectivity index (χ0n) is 63.1. The van der Waals surface area contributed by atoms with E-state index in [0.717, 1.165) is 62.6 Å². The number of amides is 5. The predicted molar refractivity (Wildman–Crippen MR) is 414 cm³/mol. The number of carbonyl (C=O) groups excluding carboxylic acids is 5. The number of aromatic nitrogens is 8. The van der Waals surface area contributed by atoms with E-state index in [1.807, 2.05) is 234 Å². The lowest BCUT2D eigenvalue weighted by Crippen LogP contribution is -2.51. The van der Waals surface area contributed by atoms with Gasteiger partial charge in [0.2, 0.25) is 23.4 Å². The lowest BCUT2D eigenvalue weighted by Gasteiger charge is -2.29. The molecular weight excluding hydrogens is 1380 g/mol. The monoisotopic (exact) mass is 1480 g/mol. The quantitative estimate of drug-likeness (QED) is 0.0228. The summed E-state index contributed by atoms with van der Waals surface area (Å²) in [7, 11) is 0. The van der Waals surface area contributed by atoms with Gasteiger partial charge in [0.1, 0.15) is 43.8 Å². The standard InChI is InChI=1S/C30H34N6O4.C27H30N4O3.C26H35N5O4/c1-30(2,31)28(37)32-25(20-39-18-21-9-4-3-5-10-21)27-34-33-26-17-35(15-16-36(26)27)29(38)40-19-23-13-8-12-22-11-6-7-14-24(22)23;1-27(2,3)26(32)28-22(19-33-17-20-11-6-4-7-12-20)24-29-30-25-23(15-10-16-31(24)25)34-18-21-13-8-5-9-14-21;1-4-5-14-28-25(33)35-17-21-13-9-12-20-15-29-23(31(20)21)22(30-24(32)26(2,3)27)18-34-16-19-10-7-6-8-11-19/h3-14,25H,15-20,31H2,1-2H3,(H,32,37);4-16,22H,17-19H2,1-3H3,(H,28,32);6-13,15,22H,4-5,14,16-18,27H2,1-3H3,(H,28,33)(H,30,32)/t25-;2*22-/m111/s1. The molecule has 8 N–H and O–H groups in total. The van der Waals surface area contributed by atoms with Crippen molar-refractivity contribution in [1.29, 1.82) is 0 Å². The van der Waals surface area contributed by atoms with Crippen LogP contribution in [0.25, 0.3) is 21.9 Å². The van der Waals surface area contributed by atoms with Crippen LogP contribution in [-0.2, 0) is 90.8 Å². The number of nitrogens with two attached hydrogens (primary N) is 2. The highest BCUT2D eigenvalue weighted by molar-refractivity contribution is 5.87. The molecule has 1 aliphatic heterocycles. The van der Waals surface area contributed by atoms with Crippen molar-refractivity contribution in [2.75, 3.05) is 32.9 Å². The van der Waals surface area contributed by atoms with E-state index in [0.29, 0.717) is 80.8 Å². The summed E-state index contributed by atoms with van der Waals surface area (Å²) in [5.74, 6) is 2.20. The molecule has 1 aliphatic rings. The summed E-state index contributed by atoms with van der Waals surface area (Å²) in [6.07, 6.45) is 4.56. The average Bonchev–Trinajstić information content (AvgIpc) is 1.67. The van der Waals surface area contributed by atoms with Crippen LogP contribution in [0.15, 0.2) is 207 Å². The Labute approximate surface area is 635 Å². The molecule has 6 heterocycles.